The molecule has 1 N–H and O–H groups in total. The number of ketones is 1. The van der Waals surface area contributed by atoms with E-state index in [2.05, 4.69) is 5.32 Å². The average molecular weight is 265 g/mol. The summed E-state index contributed by atoms with van der Waals surface area (Å²) < 4.78 is 0. The Labute approximate surface area is 115 Å². The Balaban J connectivity index is 2.31. The number of hydrogen-bond donors (Lipinski definition) is 1. The van der Waals surface area contributed by atoms with E-state index >= 15 is 0 Å². The third kappa shape index (κ3) is 1.73. The van der Waals surface area contributed by atoms with Crippen molar-refractivity contribution in [2.75, 3.05) is 0 Å². The minimum absolute atomic E-state index is 0.0806. The van der Waals surface area contributed by atoms with E-state index in [9.17, 15) is 14.4 Å². The van der Waals surface area contributed by atoms with Crippen LogP contribution < -0.4 is 5.32 Å². The first-order valence-electron chi connectivity index (χ1n) is 6.18. The van der Waals surface area contributed by atoms with Gasteiger partial charge in [0, 0.05) is 5.56 Å². The molecule has 0 radical (unpaired) electrons. The van der Waals surface area contributed by atoms with Crippen molar-refractivity contribution < 1.29 is 14.4 Å². The quantitative estimate of drug-likeness (QED) is 0.670. The van der Waals surface area contributed by atoms with Crippen molar-refractivity contribution in [1.29, 1.82) is 0 Å². The van der Waals surface area contributed by atoms with E-state index in [-0.39, 0.29) is 5.78 Å². The summed E-state index contributed by atoms with van der Waals surface area (Å²) in [7, 11) is 0. The SMILES string of the molecule is CC(=O)c1ccccc1-c1cccc2c1C(=O)NC2=O. The Bertz CT molecular complexity index is 762. The number of carbonyl (C=O) groups excluding carboxylic acids is 3. The second-order valence-electron chi connectivity index (χ2n) is 4.61. The predicted octanol–water partition coefficient (Wildman–Crippen LogP) is 2.44. The highest BCUT2D eigenvalue weighted by Crippen LogP contribution is 2.31. The summed E-state index contributed by atoms with van der Waals surface area (Å²) in [5, 5.41) is 2.28. The van der Waals surface area contributed by atoms with E-state index in [1.54, 1.807) is 42.5 Å². The zero-order chi connectivity index (χ0) is 14.3. The van der Waals surface area contributed by atoms with Gasteiger partial charge in [-0.1, -0.05) is 36.4 Å². The van der Waals surface area contributed by atoms with Crippen molar-refractivity contribution in [2.24, 2.45) is 0 Å². The smallest absolute Gasteiger partial charge is 0.259 e. The lowest BCUT2D eigenvalue weighted by molar-refractivity contribution is 0.0878. The Hall–Kier alpha value is -2.75. The van der Waals surface area contributed by atoms with Gasteiger partial charge in [0.05, 0.1) is 11.1 Å². The van der Waals surface area contributed by atoms with Gasteiger partial charge in [0.25, 0.3) is 11.8 Å². The largest absolute Gasteiger partial charge is 0.294 e. The molecule has 2 aromatic rings. The zero-order valence-electron chi connectivity index (χ0n) is 10.8. The fraction of sp³-hybridized carbons (Fsp3) is 0.0625. The number of nitrogens with one attached hydrogen (secondary N) is 1. The van der Waals surface area contributed by atoms with E-state index in [1.807, 2.05) is 0 Å². The fourth-order valence-corrected chi connectivity index (χ4v) is 2.47. The van der Waals surface area contributed by atoms with Gasteiger partial charge in [-0.3, -0.25) is 19.7 Å². The third-order valence-corrected chi connectivity index (χ3v) is 3.36. The molecule has 2 amide bonds. The van der Waals surface area contributed by atoms with Gasteiger partial charge in [0.1, 0.15) is 0 Å². The number of rotatable bonds is 2. The van der Waals surface area contributed by atoms with Gasteiger partial charge in [0.15, 0.2) is 5.78 Å². The number of imide groups is 1. The number of carbonyl (C=O) groups is 3. The normalized spacial score (nSPS) is 13.1. The van der Waals surface area contributed by atoms with Crippen molar-refractivity contribution in [1.82, 2.24) is 5.32 Å². The summed E-state index contributed by atoms with van der Waals surface area (Å²) in [5.74, 6) is -0.894. The molecule has 0 bridgehead atoms. The average Bonchev–Trinajstić information content (AvgIpc) is 2.74. The highest BCUT2D eigenvalue weighted by atomic mass is 16.2. The highest BCUT2D eigenvalue weighted by molar-refractivity contribution is 6.24. The van der Waals surface area contributed by atoms with Gasteiger partial charge in [0.2, 0.25) is 0 Å². The molecule has 4 nitrogen and oxygen atoms in total. The van der Waals surface area contributed by atoms with Crippen LogP contribution >= 0.6 is 0 Å². The summed E-state index contributed by atoms with van der Waals surface area (Å²) in [4.78, 5) is 35.3. The standard InChI is InChI=1S/C16H11NO3/c1-9(18)10-5-2-3-6-11(10)12-7-4-8-13-14(12)16(20)17-15(13)19/h2-8H,1H3,(H,17,19,20). The fourth-order valence-electron chi connectivity index (χ4n) is 2.47. The van der Waals surface area contributed by atoms with E-state index in [0.29, 0.717) is 27.8 Å². The Morgan fingerprint density at radius 3 is 2.25 bits per heavy atom. The summed E-state index contributed by atoms with van der Waals surface area (Å²) in [5.41, 5.74) is 2.50. The van der Waals surface area contributed by atoms with Crippen molar-refractivity contribution in [3.05, 3.63) is 59.2 Å². The van der Waals surface area contributed by atoms with Crippen LogP contribution in [0.25, 0.3) is 11.1 Å². The highest BCUT2D eigenvalue weighted by Gasteiger charge is 2.30. The van der Waals surface area contributed by atoms with E-state index in [0.717, 1.165) is 0 Å². The molecule has 0 unspecified atom stereocenters. The van der Waals surface area contributed by atoms with Gasteiger partial charge < -0.3 is 0 Å². The van der Waals surface area contributed by atoms with Crippen LogP contribution in [-0.4, -0.2) is 17.6 Å². The van der Waals surface area contributed by atoms with E-state index in [1.165, 1.54) is 6.92 Å². The van der Waals surface area contributed by atoms with Crippen LogP contribution in [0, 0.1) is 0 Å². The van der Waals surface area contributed by atoms with Crippen LogP contribution in [0.2, 0.25) is 0 Å². The predicted molar refractivity (Wildman–Crippen MR) is 73.7 cm³/mol. The molecule has 0 saturated heterocycles. The summed E-state index contributed by atoms with van der Waals surface area (Å²) in [6.45, 7) is 1.48. The molecular formula is C16H11NO3. The zero-order valence-corrected chi connectivity index (χ0v) is 10.8. The van der Waals surface area contributed by atoms with Crippen LogP contribution in [0.15, 0.2) is 42.5 Å². The van der Waals surface area contributed by atoms with Gasteiger partial charge >= 0.3 is 0 Å². The molecule has 98 valence electrons. The Kier molecular flexibility index (Phi) is 2.71. The summed E-state index contributed by atoms with van der Waals surface area (Å²) in [6.07, 6.45) is 0. The lowest BCUT2D eigenvalue weighted by Gasteiger charge is -2.09. The maximum Gasteiger partial charge on any atom is 0.259 e. The molecule has 0 spiro atoms. The van der Waals surface area contributed by atoms with Crippen molar-refractivity contribution >= 4 is 17.6 Å². The third-order valence-electron chi connectivity index (χ3n) is 3.36. The van der Waals surface area contributed by atoms with Crippen LogP contribution in [0.1, 0.15) is 38.0 Å². The molecule has 0 fully saturated rings. The summed E-state index contributed by atoms with van der Waals surface area (Å²) in [6, 6.07) is 12.1. The lowest BCUT2D eigenvalue weighted by Crippen LogP contribution is -2.20. The van der Waals surface area contributed by atoms with Gasteiger partial charge in [-0.2, -0.15) is 0 Å². The van der Waals surface area contributed by atoms with Gasteiger partial charge in [-0.25, -0.2) is 0 Å². The second-order valence-corrected chi connectivity index (χ2v) is 4.61. The van der Waals surface area contributed by atoms with Crippen molar-refractivity contribution in [3.8, 4) is 11.1 Å². The molecule has 20 heavy (non-hydrogen) atoms. The first-order valence-corrected chi connectivity index (χ1v) is 6.18. The monoisotopic (exact) mass is 265 g/mol. The van der Waals surface area contributed by atoms with Crippen LogP contribution in [0.3, 0.4) is 0 Å². The van der Waals surface area contributed by atoms with Crippen LogP contribution in [-0.2, 0) is 0 Å². The number of benzene rings is 2. The molecule has 1 aliphatic rings. The summed E-state index contributed by atoms with van der Waals surface area (Å²) >= 11 is 0. The molecule has 4 heteroatoms. The first-order chi connectivity index (χ1) is 9.59. The second kappa shape index (κ2) is 4.42. The van der Waals surface area contributed by atoms with E-state index in [4.69, 9.17) is 0 Å². The Morgan fingerprint density at radius 2 is 1.50 bits per heavy atom. The lowest BCUT2D eigenvalue weighted by atomic mass is 9.92. The minimum Gasteiger partial charge on any atom is -0.294 e. The molecule has 0 saturated carbocycles. The Morgan fingerprint density at radius 1 is 0.850 bits per heavy atom. The number of fused-ring (bicyclic) bond motifs is 1. The van der Waals surface area contributed by atoms with E-state index < -0.39 is 11.8 Å². The van der Waals surface area contributed by atoms with Crippen molar-refractivity contribution in [3.63, 3.8) is 0 Å². The number of Topliss-reactive ketones (excluding diaryl/α,β-unsaturated/α-hetero) is 1. The number of hydrogen-bond acceptors (Lipinski definition) is 3. The van der Waals surface area contributed by atoms with Crippen molar-refractivity contribution in [2.45, 2.75) is 6.92 Å². The molecule has 1 heterocycles. The molecular weight excluding hydrogens is 254 g/mol. The van der Waals surface area contributed by atoms with Crippen LogP contribution in [0.5, 0.6) is 0 Å². The topological polar surface area (TPSA) is 63.2 Å². The van der Waals surface area contributed by atoms with Crippen LogP contribution in [0.4, 0.5) is 0 Å². The molecule has 3 rings (SSSR count). The first kappa shape index (κ1) is 12.3. The molecule has 0 atom stereocenters. The van der Waals surface area contributed by atoms with Gasteiger partial charge in [-0.15, -0.1) is 0 Å². The van der Waals surface area contributed by atoms with Gasteiger partial charge in [-0.05, 0) is 24.1 Å². The molecule has 0 aromatic heterocycles. The molecule has 1 aliphatic heterocycles. The minimum atomic E-state index is -0.418. The molecule has 0 aliphatic carbocycles. The maximum absolute atomic E-state index is 11.9. The molecule has 2 aromatic carbocycles. The maximum atomic E-state index is 11.9. The number of amides is 2.